The van der Waals surface area contributed by atoms with Crippen molar-refractivity contribution in [2.24, 2.45) is 0 Å². The van der Waals surface area contributed by atoms with E-state index >= 15 is 0 Å². The lowest BCUT2D eigenvalue weighted by atomic mass is 9.71. The van der Waals surface area contributed by atoms with Crippen molar-refractivity contribution in [3.05, 3.63) is 69.5 Å². The molecule has 1 saturated heterocycles. The lowest BCUT2D eigenvalue weighted by Crippen LogP contribution is -2.58. The molecule has 0 unspecified atom stereocenters. The van der Waals surface area contributed by atoms with Gasteiger partial charge in [-0.2, -0.15) is 0 Å². The summed E-state index contributed by atoms with van der Waals surface area (Å²) >= 11 is 11.7. The molecule has 4 heteroatoms. The molecule has 0 bridgehead atoms. The van der Waals surface area contributed by atoms with Crippen LogP contribution < -0.4 is 5.32 Å². The summed E-state index contributed by atoms with van der Waals surface area (Å²) in [4.78, 5) is 0. The summed E-state index contributed by atoms with van der Waals surface area (Å²) in [5.41, 5.74) is 2.21. The van der Waals surface area contributed by atoms with E-state index in [2.05, 4.69) is 17.4 Å². The molecular formula is C16H14Cl2FN. The van der Waals surface area contributed by atoms with Crippen LogP contribution in [-0.2, 0) is 11.8 Å². The Hall–Kier alpha value is -1.09. The standard InChI is InChI=1S/C16H14Cl2FN/c17-13-4-2-12(3-5-13)16(9-20-10-16)8-11-1-6-14(18)15(19)7-11/h1-7,20H,8-10H2. The van der Waals surface area contributed by atoms with Crippen molar-refractivity contribution < 1.29 is 4.39 Å². The van der Waals surface area contributed by atoms with Crippen LogP contribution in [0.4, 0.5) is 4.39 Å². The fourth-order valence-electron chi connectivity index (χ4n) is 2.70. The van der Waals surface area contributed by atoms with Crippen LogP contribution in [0.15, 0.2) is 42.5 Å². The molecule has 0 amide bonds. The highest BCUT2D eigenvalue weighted by Gasteiger charge is 2.38. The molecular weight excluding hydrogens is 296 g/mol. The summed E-state index contributed by atoms with van der Waals surface area (Å²) in [5.74, 6) is -0.359. The monoisotopic (exact) mass is 309 g/mol. The first-order chi connectivity index (χ1) is 9.59. The molecule has 1 aliphatic heterocycles. The maximum Gasteiger partial charge on any atom is 0.142 e. The van der Waals surface area contributed by atoms with Crippen LogP contribution in [0.1, 0.15) is 11.1 Å². The van der Waals surface area contributed by atoms with E-state index in [1.807, 2.05) is 18.2 Å². The largest absolute Gasteiger partial charge is 0.315 e. The van der Waals surface area contributed by atoms with Gasteiger partial charge in [-0.1, -0.05) is 41.4 Å². The van der Waals surface area contributed by atoms with Crippen LogP contribution in [0.3, 0.4) is 0 Å². The molecule has 1 nitrogen and oxygen atoms in total. The Bertz CT molecular complexity index is 621. The minimum atomic E-state index is -0.359. The van der Waals surface area contributed by atoms with Gasteiger partial charge < -0.3 is 5.32 Å². The minimum absolute atomic E-state index is 0.0187. The second-order valence-electron chi connectivity index (χ2n) is 5.32. The molecule has 20 heavy (non-hydrogen) atoms. The molecule has 0 spiro atoms. The third-order valence-corrected chi connectivity index (χ3v) is 4.47. The van der Waals surface area contributed by atoms with E-state index in [-0.39, 0.29) is 16.3 Å². The highest BCUT2D eigenvalue weighted by atomic mass is 35.5. The van der Waals surface area contributed by atoms with Crippen molar-refractivity contribution in [3.63, 3.8) is 0 Å². The summed E-state index contributed by atoms with van der Waals surface area (Å²) in [7, 11) is 0. The van der Waals surface area contributed by atoms with Gasteiger partial charge in [-0.15, -0.1) is 0 Å². The molecule has 1 aliphatic rings. The first-order valence-corrected chi connectivity index (χ1v) is 7.25. The van der Waals surface area contributed by atoms with Gasteiger partial charge in [-0.3, -0.25) is 0 Å². The van der Waals surface area contributed by atoms with E-state index in [0.717, 1.165) is 30.1 Å². The summed E-state index contributed by atoms with van der Waals surface area (Å²) in [6, 6.07) is 12.9. The Morgan fingerprint density at radius 1 is 1.05 bits per heavy atom. The molecule has 1 N–H and O–H groups in total. The van der Waals surface area contributed by atoms with Crippen LogP contribution in [-0.4, -0.2) is 13.1 Å². The number of rotatable bonds is 3. The van der Waals surface area contributed by atoms with E-state index in [9.17, 15) is 4.39 Å². The molecule has 0 aromatic heterocycles. The number of halogens is 3. The van der Waals surface area contributed by atoms with Crippen molar-refractivity contribution in [2.45, 2.75) is 11.8 Å². The Balaban J connectivity index is 1.89. The van der Waals surface area contributed by atoms with E-state index in [0.29, 0.717) is 0 Å². The van der Waals surface area contributed by atoms with E-state index in [1.54, 1.807) is 6.07 Å². The van der Waals surface area contributed by atoms with Gasteiger partial charge in [0.1, 0.15) is 5.82 Å². The number of nitrogens with one attached hydrogen (secondary N) is 1. The van der Waals surface area contributed by atoms with Gasteiger partial charge in [0.2, 0.25) is 0 Å². The van der Waals surface area contributed by atoms with E-state index in [1.165, 1.54) is 11.6 Å². The summed E-state index contributed by atoms with van der Waals surface area (Å²) < 4.78 is 13.6. The predicted molar refractivity (Wildman–Crippen MR) is 81.1 cm³/mol. The van der Waals surface area contributed by atoms with Crippen LogP contribution in [0.25, 0.3) is 0 Å². The zero-order valence-electron chi connectivity index (χ0n) is 10.8. The molecule has 3 rings (SSSR count). The molecule has 2 aromatic carbocycles. The van der Waals surface area contributed by atoms with Crippen molar-refractivity contribution in [1.82, 2.24) is 5.32 Å². The van der Waals surface area contributed by atoms with Gasteiger partial charge in [0, 0.05) is 23.5 Å². The third-order valence-electron chi connectivity index (χ3n) is 3.91. The highest BCUT2D eigenvalue weighted by Crippen LogP contribution is 2.33. The van der Waals surface area contributed by atoms with Gasteiger partial charge in [0.15, 0.2) is 0 Å². The quantitative estimate of drug-likeness (QED) is 0.895. The fraction of sp³-hybridized carbons (Fsp3) is 0.250. The van der Waals surface area contributed by atoms with Crippen molar-refractivity contribution in [1.29, 1.82) is 0 Å². The predicted octanol–water partition coefficient (Wildman–Crippen LogP) is 4.22. The van der Waals surface area contributed by atoms with Crippen LogP contribution >= 0.6 is 23.2 Å². The summed E-state index contributed by atoms with van der Waals surface area (Å²) in [6.45, 7) is 1.78. The lowest BCUT2D eigenvalue weighted by molar-refractivity contribution is 0.274. The molecule has 1 heterocycles. The number of hydrogen-bond acceptors (Lipinski definition) is 1. The highest BCUT2D eigenvalue weighted by molar-refractivity contribution is 6.30. The SMILES string of the molecule is Fc1cc(CC2(c3ccc(Cl)cc3)CNC2)ccc1Cl. The zero-order chi connectivity index (χ0) is 14.2. The summed E-state index contributed by atoms with van der Waals surface area (Å²) in [6.07, 6.45) is 0.787. The van der Waals surface area contributed by atoms with Gasteiger partial charge >= 0.3 is 0 Å². The molecule has 0 radical (unpaired) electrons. The molecule has 0 atom stereocenters. The molecule has 0 saturated carbocycles. The number of hydrogen-bond donors (Lipinski definition) is 1. The summed E-state index contributed by atoms with van der Waals surface area (Å²) in [5, 5.41) is 4.21. The minimum Gasteiger partial charge on any atom is -0.315 e. The van der Waals surface area contributed by atoms with E-state index in [4.69, 9.17) is 23.2 Å². The van der Waals surface area contributed by atoms with E-state index < -0.39 is 0 Å². The Labute approximate surface area is 127 Å². The second-order valence-corrected chi connectivity index (χ2v) is 6.16. The molecule has 2 aromatic rings. The Morgan fingerprint density at radius 3 is 2.30 bits per heavy atom. The van der Waals surface area contributed by atoms with Crippen molar-refractivity contribution in [3.8, 4) is 0 Å². The topological polar surface area (TPSA) is 12.0 Å². The second kappa shape index (κ2) is 5.36. The van der Waals surface area contributed by atoms with Gasteiger partial charge in [-0.25, -0.2) is 4.39 Å². The zero-order valence-corrected chi connectivity index (χ0v) is 12.3. The van der Waals surface area contributed by atoms with Crippen LogP contribution in [0.5, 0.6) is 0 Å². The first-order valence-electron chi connectivity index (χ1n) is 6.50. The van der Waals surface area contributed by atoms with Crippen molar-refractivity contribution in [2.75, 3.05) is 13.1 Å². The van der Waals surface area contributed by atoms with Crippen LogP contribution in [0.2, 0.25) is 10.0 Å². The van der Waals surface area contributed by atoms with Gasteiger partial charge in [0.25, 0.3) is 0 Å². The average Bonchev–Trinajstić information content (AvgIpc) is 2.39. The number of benzene rings is 2. The van der Waals surface area contributed by atoms with Crippen molar-refractivity contribution >= 4 is 23.2 Å². The first kappa shape index (κ1) is 13.9. The lowest BCUT2D eigenvalue weighted by Gasteiger charge is -2.43. The maximum absolute atomic E-state index is 13.6. The Kier molecular flexibility index (Phi) is 3.72. The fourth-order valence-corrected chi connectivity index (χ4v) is 2.95. The smallest absolute Gasteiger partial charge is 0.142 e. The molecule has 104 valence electrons. The van der Waals surface area contributed by atoms with Gasteiger partial charge in [0.05, 0.1) is 5.02 Å². The van der Waals surface area contributed by atoms with Crippen LogP contribution in [0, 0.1) is 5.82 Å². The molecule has 0 aliphatic carbocycles. The normalized spacial score (nSPS) is 16.8. The Morgan fingerprint density at radius 2 is 1.75 bits per heavy atom. The molecule has 1 fully saturated rings. The maximum atomic E-state index is 13.6. The average molecular weight is 310 g/mol. The van der Waals surface area contributed by atoms with Gasteiger partial charge in [-0.05, 0) is 41.8 Å². The third kappa shape index (κ3) is 2.56.